The third kappa shape index (κ3) is 3.04. The molecule has 10 rings (SSSR count). The van der Waals surface area contributed by atoms with Crippen molar-refractivity contribution in [2.24, 2.45) is 0 Å². The van der Waals surface area contributed by atoms with E-state index in [4.69, 9.17) is 0 Å². The maximum atomic E-state index is 13.5. The van der Waals surface area contributed by atoms with Gasteiger partial charge in [-0.1, -0.05) is 92.7 Å². The molecule has 0 unspecified atom stereocenters. The minimum atomic E-state index is -0.294. The molecule has 1 aliphatic rings. The number of nitrogens with zero attached hydrogens (tertiary/aromatic N) is 3. The van der Waals surface area contributed by atoms with Gasteiger partial charge in [-0.15, -0.1) is 0 Å². The van der Waals surface area contributed by atoms with Gasteiger partial charge >= 0.3 is 0 Å². The van der Waals surface area contributed by atoms with Crippen LogP contribution >= 0.6 is 0 Å². The van der Waals surface area contributed by atoms with Gasteiger partial charge in [-0.2, -0.15) is 4.52 Å². The Labute approximate surface area is 263 Å². The van der Waals surface area contributed by atoms with Crippen molar-refractivity contribution >= 4 is 43.6 Å². The van der Waals surface area contributed by atoms with E-state index in [1.807, 2.05) is 36.4 Å². The number of para-hydroxylation sites is 2. The van der Waals surface area contributed by atoms with Gasteiger partial charge in [0.1, 0.15) is 0 Å². The molecule has 218 valence electrons. The maximum Gasteiger partial charge on any atom is 0.282 e. The first kappa shape index (κ1) is 25.4. The van der Waals surface area contributed by atoms with Crippen LogP contribution in [-0.2, 0) is 5.41 Å². The zero-order valence-electron chi connectivity index (χ0n) is 25.3. The van der Waals surface area contributed by atoms with Crippen LogP contribution in [0.25, 0.3) is 71.6 Å². The van der Waals surface area contributed by atoms with Crippen molar-refractivity contribution in [3.05, 3.63) is 159 Å². The molecule has 0 aliphatic heterocycles. The first-order valence-electron chi connectivity index (χ1n) is 15.6. The molecule has 0 fully saturated rings. The van der Waals surface area contributed by atoms with Crippen LogP contribution in [0.2, 0.25) is 0 Å². The van der Waals surface area contributed by atoms with Crippen LogP contribution in [0.3, 0.4) is 0 Å². The van der Waals surface area contributed by atoms with Gasteiger partial charge in [-0.3, -0.25) is 9.59 Å². The number of fused-ring (bicyclic) bond motifs is 12. The van der Waals surface area contributed by atoms with Gasteiger partial charge in [0.05, 0.1) is 32.8 Å². The van der Waals surface area contributed by atoms with Gasteiger partial charge in [0.2, 0.25) is 0 Å². The van der Waals surface area contributed by atoms with Gasteiger partial charge in [0, 0.05) is 21.9 Å². The smallest absolute Gasteiger partial charge is 0.282 e. The molecule has 0 N–H and O–H groups in total. The molecule has 3 aromatic heterocycles. The fourth-order valence-electron chi connectivity index (χ4n) is 8.17. The van der Waals surface area contributed by atoms with E-state index in [0.717, 1.165) is 27.8 Å². The van der Waals surface area contributed by atoms with Crippen LogP contribution in [0, 0.1) is 0 Å². The summed E-state index contributed by atoms with van der Waals surface area (Å²) in [7, 11) is 0. The molecule has 0 atom stereocenters. The average molecular weight is 594 g/mol. The van der Waals surface area contributed by atoms with Gasteiger partial charge < -0.3 is 4.57 Å². The van der Waals surface area contributed by atoms with Crippen molar-refractivity contribution in [3.63, 3.8) is 0 Å². The van der Waals surface area contributed by atoms with E-state index < -0.39 is 0 Å². The van der Waals surface area contributed by atoms with Gasteiger partial charge in [-0.05, 0) is 81.9 Å². The van der Waals surface area contributed by atoms with Crippen molar-refractivity contribution in [3.8, 4) is 27.9 Å². The van der Waals surface area contributed by atoms with E-state index in [-0.39, 0.29) is 16.5 Å². The lowest BCUT2D eigenvalue weighted by atomic mass is 9.80. The highest BCUT2D eigenvalue weighted by Crippen LogP contribution is 2.53. The standard InChI is InChI=1S/C41H27N3O2/c1-41(2)32-12-6-3-9-27(32)28-20-22-36-37(38(28)41)29-10-4-7-13-33(29)42(36)26-18-15-24(16-19-26)25-17-21-35-31(23-25)40(46)44-39(45)30-11-5-8-14-34(30)43(35)44/h3-23H,1-2H3. The lowest BCUT2D eigenvalue weighted by molar-refractivity contribution is 0.666. The Morgan fingerprint density at radius 3 is 1.96 bits per heavy atom. The summed E-state index contributed by atoms with van der Waals surface area (Å²) >= 11 is 0. The van der Waals surface area contributed by atoms with Crippen molar-refractivity contribution < 1.29 is 0 Å². The summed E-state index contributed by atoms with van der Waals surface area (Å²) in [6.45, 7) is 4.68. The predicted octanol–water partition coefficient (Wildman–Crippen LogP) is 8.57. The highest BCUT2D eigenvalue weighted by molar-refractivity contribution is 6.14. The molecule has 0 saturated carbocycles. The molecule has 6 aromatic carbocycles. The highest BCUT2D eigenvalue weighted by atomic mass is 16.2. The topological polar surface area (TPSA) is 47.9 Å². The first-order valence-corrected chi connectivity index (χ1v) is 15.6. The third-order valence-electron chi connectivity index (χ3n) is 10.2. The number of hydrogen-bond acceptors (Lipinski definition) is 2. The molecule has 0 spiro atoms. The van der Waals surface area contributed by atoms with Gasteiger partial charge in [0.15, 0.2) is 0 Å². The molecule has 5 heteroatoms. The van der Waals surface area contributed by atoms with Crippen molar-refractivity contribution in [2.75, 3.05) is 0 Å². The van der Waals surface area contributed by atoms with Gasteiger partial charge in [0.25, 0.3) is 11.1 Å². The summed E-state index contributed by atoms with van der Waals surface area (Å²) in [5.74, 6) is 0. The highest BCUT2D eigenvalue weighted by Gasteiger charge is 2.38. The van der Waals surface area contributed by atoms with E-state index in [9.17, 15) is 9.59 Å². The number of hydrogen-bond donors (Lipinski definition) is 0. The summed E-state index contributed by atoms with van der Waals surface area (Å²) in [5, 5.41) is 3.64. The zero-order chi connectivity index (χ0) is 30.9. The Bertz CT molecular complexity index is 2870. The quantitative estimate of drug-likeness (QED) is 0.202. The Morgan fingerprint density at radius 2 is 1.13 bits per heavy atom. The van der Waals surface area contributed by atoms with E-state index in [2.05, 4.69) is 103 Å². The Morgan fingerprint density at radius 1 is 0.500 bits per heavy atom. The Hall–Kier alpha value is -5.94. The average Bonchev–Trinajstić information content (AvgIpc) is 3.76. The SMILES string of the molecule is CC1(C)c2ccccc2-c2ccc3c(c21)c1ccccc1n3-c1ccc(-c2ccc3c(c2)c(=O)n2c(=O)c4ccccc4n32)cc1. The second kappa shape index (κ2) is 8.61. The van der Waals surface area contributed by atoms with Gasteiger partial charge in [-0.25, -0.2) is 4.52 Å². The van der Waals surface area contributed by atoms with E-state index in [0.29, 0.717) is 10.8 Å². The monoisotopic (exact) mass is 593 g/mol. The molecule has 1 aliphatic carbocycles. The Kier molecular flexibility index (Phi) is 4.75. The van der Waals surface area contributed by atoms with Crippen LogP contribution in [0.1, 0.15) is 25.0 Å². The summed E-state index contributed by atoms with van der Waals surface area (Å²) in [5.41, 5.74) is 11.6. The molecule has 9 aromatic rings. The Balaban J connectivity index is 1.14. The summed E-state index contributed by atoms with van der Waals surface area (Å²) in [4.78, 5) is 26.5. The van der Waals surface area contributed by atoms with Crippen LogP contribution in [-0.4, -0.2) is 13.6 Å². The largest absolute Gasteiger partial charge is 0.309 e. The van der Waals surface area contributed by atoms with E-state index in [1.165, 1.54) is 48.6 Å². The molecule has 0 amide bonds. The van der Waals surface area contributed by atoms with E-state index in [1.54, 1.807) is 10.6 Å². The van der Waals surface area contributed by atoms with Crippen LogP contribution in [0.4, 0.5) is 0 Å². The lowest BCUT2D eigenvalue weighted by Gasteiger charge is -2.22. The fraction of sp³-hybridized carbons (Fsp3) is 0.0732. The van der Waals surface area contributed by atoms with Crippen LogP contribution in [0.15, 0.2) is 137 Å². The predicted molar refractivity (Wildman–Crippen MR) is 187 cm³/mol. The lowest BCUT2D eigenvalue weighted by Crippen LogP contribution is -2.21. The number of benzene rings is 6. The second-order valence-corrected chi connectivity index (χ2v) is 12.9. The third-order valence-corrected chi connectivity index (χ3v) is 10.2. The molecule has 46 heavy (non-hydrogen) atoms. The van der Waals surface area contributed by atoms with Crippen molar-refractivity contribution in [1.29, 1.82) is 0 Å². The molecule has 0 bridgehead atoms. The molecule has 0 saturated heterocycles. The van der Waals surface area contributed by atoms with Crippen molar-refractivity contribution in [1.82, 2.24) is 13.6 Å². The van der Waals surface area contributed by atoms with Crippen LogP contribution in [0.5, 0.6) is 0 Å². The maximum absolute atomic E-state index is 13.5. The summed E-state index contributed by atoms with van der Waals surface area (Å²) < 4.78 is 5.35. The minimum Gasteiger partial charge on any atom is -0.309 e. The second-order valence-electron chi connectivity index (χ2n) is 12.9. The summed E-state index contributed by atoms with van der Waals surface area (Å²) in [6, 6.07) is 43.8. The normalized spacial score (nSPS) is 13.8. The molecular weight excluding hydrogens is 566 g/mol. The zero-order valence-corrected chi connectivity index (χ0v) is 25.3. The number of rotatable bonds is 2. The summed E-state index contributed by atoms with van der Waals surface area (Å²) in [6.07, 6.45) is 0. The number of aromatic nitrogens is 3. The first-order chi connectivity index (χ1) is 22.4. The molecule has 3 heterocycles. The molecular formula is C41H27N3O2. The van der Waals surface area contributed by atoms with E-state index >= 15 is 0 Å². The fourth-order valence-corrected chi connectivity index (χ4v) is 8.17. The minimum absolute atomic E-state index is 0.117. The van der Waals surface area contributed by atoms with Crippen molar-refractivity contribution in [2.45, 2.75) is 19.3 Å². The molecule has 5 nitrogen and oxygen atoms in total. The van der Waals surface area contributed by atoms with Crippen LogP contribution < -0.4 is 11.1 Å². The molecule has 0 radical (unpaired) electrons.